The third-order valence-electron chi connectivity index (χ3n) is 5.31. The number of nitrogens with zero attached hydrogens (tertiary/aromatic N) is 5. The lowest BCUT2D eigenvalue weighted by molar-refractivity contribution is -0.384. The molecule has 4 rings (SSSR count). The van der Waals surface area contributed by atoms with Gasteiger partial charge in [-0.15, -0.1) is 0 Å². The molecule has 1 saturated heterocycles. The molecule has 1 aliphatic heterocycles. The van der Waals surface area contributed by atoms with Gasteiger partial charge < -0.3 is 14.5 Å². The predicted molar refractivity (Wildman–Crippen MR) is 120 cm³/mol. The number of carbonyl (C=O) groups is 1. The molecule has 0 bridgehead atoms. The van der Waals surface area contributed by atoms with Crippen molar-refractivity contribution in [1.82, 2.24) is 14.9 Å². The van der Waals surface area contributed by atoms with Crippen LogP contribution >= 0.6 is 0 Å². The average molecular weight is 433 g/mol. The van der Waals surface area contributed by atoms with Crippen molar-refractivity contribution < 1.29 is 14.5 Å². The van der Waals surface area contributed by atoms with E-state index in [2.05, 4.69) is 14.9 Å². The molecule has 0 spiro atoms. The third-order valence-corrected chi connectivity index (χ3v) is 5.31. The maximum atomic E-state index is 12.8. The first kappa shape index (κ1) is 21.2. The summed E-state index contributed by atoms with van der Waals surface area (Å²) in [6.45, 7) is 4.79. The number of nitro groups is 1. The molecule has 2 heterocycles. The largest absolute Gasteiger partial charge is 0.494 e. The quantitative estimate of drug-likeness (QED) is 0.434. The smallest absolute Gasteiger partial charge is 0.270 e. The van der Waals surface area contributed by atoms with Crippen LogP contribution in [-0.2, 0) is 0 Å². The molecule has 1 amide bonds. The van der Waals surface area contributed by atoms with E-state index in [0.29, 0.717) is 38.3 Å². The molecular formula is C23H23N5O4. The number of ether oxygens (including phenoxy) is 1. The Morgan fingerprint density at radius 1 is 1.06 bits per heavy atom. The highest BCUT2D eigenvalue weighted by molar-refractivity contribution is 5.95. The molecule has 0 radical (unpaired) electrons. The van der Waals surface area contributed by atoms with Gasteiger partial charge in [-0.3, -0.25) is 14.9 Å². The SMILES string of the molecule is CCOc1ccc(-c2cc(N3CCN(C(=O)c4cccc([N+](=O)[O-])c4)CC3)ncn2)cc1. The van der Waals surface area contributed by atoms with Gasteiger partial charge in [0.05, 0.1) is 17.2 Å². The average Bonchev–Trinajstić information content (AvgIpc) is 2.84. The molecule has 32 heavy (non-hydrogen) atoms. The van der Waals surface area contributed by atoms with Gasteiger partial charge >= 0.3 is 0 Å². The Kier molecular flexibility index (Phi) is 6.25. The summed E-state index contributed by atoms with van der Waals surface area (Å²) >= 11 is 0. The van der Waals surface area contributed by atoms with E-state index in [-0.39, 0.29) is 11.6 Å². The van der Waals surface area contributed by atoms with Gasteiger partial charge in [-0.05, 0) is 37.3 Å². The zero-order valence-corrected chi connectivity index (χ0v) is 17.7. The molecule has 1 aliphatic rings. The summed E-state index contributed by atoms with van der Waals surface area (Å²) in [7, 11) is 0. The summed E-state index contributed by atoms with van der Waals surface area (Å²) in [5.74, 6) is 1.41. The van der Waals surface area contributed by atoms with E-state index < -0.39 is 4.92 Å². The van der Waals surface area contributed by atoms with Crippen LogP contribution in [0.1, 0.15) is 17.3 Å². The molecule has 0 aliphatic carbocycles. The first-order valence-corrected chi connectivity index (χ1v) is 10.4. The fourth-order valence-electron chi connectivity index (χ4n) is 3.64. The number of piperazine rings is 1. The Bertz CT molecular complexity index is 1110. The van der Waals surface area contributed by atoms with Crippen LogP contribution in [0.4, 0.5) is 11.5 Å². The zero-order chi connectivity index (χ0) is 22.5. The first-order chi connectivity index (χ1) is 15.5. The Labute approximate surface area is 185 Å². The lowest BCUT2D eigenvalue weighted by atomic mass is 10.1. The van der Waals surface area contributed by atoms with Crippen molar-refractivity contribution in [1.29, 1.82) is 0 Å². The number of rotatable bonds is 6. The summed E-state index contributed by atoms with van der Waals surface area (Å²) in [5.41, 5.74) is 2.02. The normalized spacial score (nSPS) is 13.7. The molecule has 9 nitrogen and oxygen atoms in total. The van der Waals surface area contributed by atoms with E-state index in [1.807, 2.05) is 37.3 Å². The second-order valence-corrected chi connectivity index (χ2v) is 7.31. The van der Waals surface area contributed by atoms with Crippen LogP contribution in [0.5, 0.6) is 5.75 Å². The molecule has 0 atom stereocenters. The van der Waals surface area contributed by atoms with Gasteiger partial charge in [0.1, 0.15) is 17.9 Å². The van der Waals surface area contributed by atoms with Crippen LogP contribution in [0, 0.1) is 10.1 Å². The van der Waals surface area contributed by atoms with Crippen molar-refractivity contribution in [3.05, 3.63) is 76.6 Å². The molecule has 3 aromatic rings. The van der Waals surface area contributed by atoms with E-state index in [1.165, 1.54) is 18.2 Å². The maximum absolute atomic E-state index is 12.8. The van der Waals surface area contributed by atoms with Crippen molar-refractivity contribution in [3.63, 3.8) is 0 Å². The summed E-state index contributed by atoms with van der Waals surface area (Å²) in [6.07, 6.45) is 1.54. The van der Waals surface area contributed by atoms with Crippen molar-refractivity contribution >= 4 is 17.4 Å². The van der Waals surface area contributed by atoms with Crippen LogP contribution in [0.15, 0.2) is 60.9 Å². The van der Waals surface area contributed by atoms with E-state index in [4.69, 9.17) is 4.74 Å². The Balaban J connectivity index is 1.42. The van der Waals surface area contributed by atoms with Crippen molar-refractivity contribution in [2.24, 2.45) is 0 Å². The Hall–Kier alpha value is -4.01. The topological polar surface area (TPSA) is 102 Å². The van der Waals surface area contributed by atoms with Gasteiger partial charge in [-0.1, -0.05) is 6.07 Å². The number of anilines is 1. The maximum Gasteiger partial charge on any atom is 0.270 e. The molecule has 164 valence electrons. The van der Waals surface area contributed by atoms with E-state index >= 15 is 0 Å². The fourth-order valence-corrected chi connectivity index (χ4v) is 3.64. The highest BCUT2D eigenvalue weighted by Crippen LogP contribution is 2.24. The molecule has 1 fully saturated rings. The van der Waals surface area contributed by atoms with Crippen molar-refractivity contribution in [2.75, 3.05) is 37.7 Å². The summed E-state index contributed by atoms with van der Waals surface area (Å²) < 4.78 is 5.49. The summed E-state index contributed by atoms with van der Waals surface area (Å²) in [6, 6.07) is 15.5. The molecule has 0 saturated carbocycles. The van der Waals surface area contributed by atoms with Crippen molar-refractivity contribution in [2.45, 2.75) is 6.92 Å². The van der Waals surface area contributed by atoms with Crippen LogP contribution in [0.3, 0.4) is 0 Å². The number of non-ortho nitro benzene ring substituents is 1. The highest BCUT2D eigenvalue weighted by Gasteiger charge is 2.24. The molecule has 2 aromatic carbocycles. The molecule has 9 heteroatoms. The van der Waals surface area contributed by atoms with Gasteiger partial charge in [0, 0.05) is 55.5 Å². The van der Waals surface area contributed by atoms with Crippen LogP contribution in [-0.4, -0.2) is 58.5 Å². The lowest BCUT2D eigenvalue weighted by Gasteiger charge is -2.35. The zero-order valence-electron chi connectivity index (χ0n) is 17.7. The summed E-state index contributed by atoms with van der Waals surface area (Å²) in [5, 5.41) is 11.0. The Morgan fingerprint density at radius 2 is 1.81 bits per heavy atom. The number of nitro benzene ring substituents is 1. The van der Waals surface area contributed by atoms with Crippen molar-refractivity contribution in [3.8, 4) is 17.0 Å². The van der Waals surface area contributed by atoms with E-state index in [0.717, 1.165) is 22.8 Å². The number of hydrogen-bond acceptors (Lipinski definition) is 7. The standard InChI is InChI=1S/C23H23N5O4/c1-2-32-20-8-6-17(7-9-20)21-15-22(25-16-24-21)26-10-12-27(13-11-26)23(29)18-4-3-5-19(14-18)28(30)31/h3-9,14-16H,2,10-13H2,1H3. The van der Waals surface area contributed by atoms with Crippen LogP contribution in [0.25, 0.3) is 11.3 Å². The third kappa shape index (κ3) is 4.66. The van der Waals surface area contributed by atoms with Gasteiger partial charge in [0.2, 0.25) is 0 Å². The summed E-state index contributed by atoms with van der Waals surface area (Å²) in [4.78, 5) is 35.9. The van der Waals surface area contributed by atoms with Crippen LogP contribution in [0.2, 0.25) is 0 Å². The second-order valence-electron chi connectivity index (χ2n) is 7.31. The second kappa shape index (κ2) is 9.42. The molecule has 0 N–H and O–H groups in total. The highest BCUT2D eigenvalue weighted by atomic mass is 16.6. The minimum Gasteiger partial charge on any atom is -0.494 e. The van der Waals surface area contributed by atoms with Gasteiger partial charge in [0.25, 0.3) is 11.6 Å². The Morgan fingerprint density at radius 3 is 2.50 bits per heavy atom. The minimum atomic E-state index is -0.494. The van der Waals surface area contributed by atoms with E-state index in [9.17, 15) is 14.9 Å². The first-order valence-electron chi connectivity index (χ1n) is 10.4. The molecule has 0 unspecified atom stereocenters. The van der Waals surface area contributed by atoms with Gasteiger partial charge in [0.15, 0.2) is 0 Å². The number of benzene rings is 2. The van der Waals surface area contributed by atoms with Crippen LogP contribution < -0.4 is 9.64 Å². The van der Waals surface area contributed by atoms with Gasteiger partial charge in [-0.25, -0.2) is 9.97 Å². The fraction of sp³-hybridized carbons (Fsp3) is 0.261. The molecule has 1 aromatic heterocycles. The van der Waals surface area contributed by atoms with E-state index in [1.54, 1.807) is 17.3 Å². The lowest BCUT2D eigenvalue weighted by Crippen LogP contribution is -2.49. The monoisotopic (exact) mass is 433 g/mol. The number of aromatic nitrogens is 2. The molecular weight excluding hydrogens is 410 g/mol. The predicted octanol–water partition coefficient (Wildman–Crippen LogP) is 3.41. The number of carbonyl (C=O) groups excluding carboxylic acids is 1. The van der Waals surface area contributed by atoms with Gasteiger partial charge in [-0.2, -0.15) is 0 Å². The minimum absolute atomic E-state index is 0.0858. The number of amides is 1. The number of hydrogen-bond donors (Lipinski definition) is 0.